The fourth-order valence-electron chi connectivity index (χ4n) is 2.28. The molecule has 0 spiro atoms. The maximum atomic E-state index is 12.4. The van der Waals surface area contributed by atoms with Gasteiger partial charge < -0.3 is 5.32 Å². The Kier molecular flexibility index (Phi) is 5.93. The highest BCUT2D eigenvalue weighted by atomic mass is 32.2. The third-order valence-electron chi connectivity index (χ3n) is 3.82. The summed E-state index contributed by atoms with van der Waals surface area (Å²) in [4.78, 5) is 17.1. The first kappa shape index (κ1) is 18.2. The molecule has 1 N–H and O–H groups in total. The molecule has 0 aliphatic rings. The summed E-state index contributed by atoms with van der Waals surface area (Å²) in [7, 11) is 0. The minimum atomic E-state index is -0.133. The van der Waals surface area contributed by atoms with Gasteiger partial charge in [-0.05, 0) is 49.4 Å². The first-order valence-electron chi connectivity index (χ1n) is 7.99. The second-order valence-electron chi connectivity index (χ2n) is 5.92. The Hall–Kier alpha value is -1.63. The number of aromatic nitrogens is 1. The largest absolute Gasteiger partial charge is 0.325 e. The second kappa shape index (κ2) is 8.17. The number of hydrogen-bond donors (Lipinski definition) is 1. The highest BCUT2D eigenvalue weighted by Gasteiger charge is 2.15. The van der Waals surface area contributed by atoms with Gasteiger partial charge in [0.2, 0.25) is 5.91 Å². The minimum Gasteiger partial charge on any atom is -0.325 e. The van der Waals surface area contributed by atoms with Crippen LogP contribution in [0, 0.1) is 13.8 Å². The molecule has 0 unspecified atom stereocenters. The van der Waals surface area contributed by atoms with E-state index in [4.69, 9.17) is 0 Å². The molecule has 3 nitrogen and oxygen atoms in total. The highest BCUT2D eigenvalue weighted by molar-refractivity contribution is 7.99. The molecule has 25 heavy (non-hydrogen) atoms. The Labute approximate surface area is 160 Å². The van der Waals surface area contributed by atoms with Crippen LogP contribution in [0.15, 0.2) is 40.4 Å². The number of carbonyl (C=O) groups is 1. The zero-order valence-electron chi connectivity index (χ0n) is 14.4. The fourth-order valence-corrected chi connectivity index (χ4v) is 4.70. The van der Waals surface area contributed by atoms with Crippen LogP contribution in [-0.2, 0) is 10.5 Å². The lowest BCUT2D eigenvalue weighted by atomic mass is 10.1. The molecule has 0 fully saturated rings. The molecule has 0 bridgehead atoms. The SMILES string of the molecule is Cc1ccc(C)c(NC(=O)[C@@H](C)SCc2csc(-c3ccsc3)n2)c1. The van der Waals surface area contributed by atoms with E-state index in [2.05, 4.69) is 38.6 Å². The number of nitrogens with one attached hydrogen (secondary N) is 1. The van der Waals surface area contributed by atoms with E-state index >= 15 is 0 Å². The molecule has 1 aromatic carbocycles. The van der Waals surface area contributed by atoms with Crippen LogP contribution in [0.4, 0.5) is 5.69 Å². The molecule has 0 aliphatic carbocycles. The molecule has 2 aromatic heterocycles. The average molecular weight is 389 g/mol. The van der Waals surface area contributed by atoms with Crippen molar-refractivity contribution in [2.45, 2.75) is 31.8 Å². The van der Waals surface area contributed by atoms with Gasteiger partial charge in [-0.15, -0.1) is 23.1 Å². The molecule has 0 radical (unpaired) electrons. The molecule has 1 atom stereocenters. The number of aryl methyl sites for hydroxylation is 2. The van der Waals surface area contributed by atoms with Crippen LogP contribution in [0.3, 0.4) is 0 Å². The third kappa shape index (κ3) is 4.71. The minimum absolute atomic E-state index is 0.0342. The van der Waals surface area contributed by atoms with Crippen LogP contribution in [0.25, 0.3) is 10.6 Å². The fraction of sp³-hybridized carbons (Fsp3) is 0.263. The molecule has 2 heterocycles. The Morgan fingerprint density at radius 3 is 2.88 bits per heavy atom. The van der Waals surface area contributed by atoms with Crippen molar-refractivity contribution in [1.82, 2.24) is 4.98 Å². The van der Waals surface area contributed by atoms with E-state index in [1.165, 1.54) is 5.56 Å². The van der Waals surface area contributed by atoms with E-state index in [0.29, 0.717) is 0 Å². The lowest BCUT2D eigenvalue weighted by molar-refractivity contribution is -0.115. The number of nitrogens with zero attached hydrogens (tertiary/aromatic N) is 1. The number of hydrogen-bond acceptors (Lipinski definition) is 5. The molecule has 0 aliphatic heterocycles. The number of anilines is 1. The number of thioether (sulfide) groups is 1. The molecular formula is C19H20N2OS3. The lowest BCUT2D eigenvalue weighted by Crippen LogP contribution is -2.23. The Bertz CT molecular complexity index is 855. The van der Waals surface area contributed by atoms with Crippen molar-refractivity contribution in [2.75, 3.05) is 5.32 Å². The average Bonchev–Trinajstić information content (AvgIpc) is 3.26. The smallest absolute Gasteiger partial charge is 0.237 e. The first-order valence-corrected chi connectivity index (χ1v) is 10.9. The summed E-state index contributed by atoms with van der Waals surface area (Å²) >= 11 is 4.94. The molecule has 1 amide bonds. The summed E-state index contributed by atoms with van der Waals surface area (Å²) in [6.07, 6.45) is 0. The topological polar surface area (TPSA) is 42.0 Å². The first-order chi connectivity index (χ1) is 12.0. The molecular weight excluding hydrogens is 368 g/mol. The summed E-state index contributed by atoms with van der Waals surface area (Å²) in [6, 6.07) is 8.18. The zero-order chi connectivity index (χ0) is 17.8. The summed E-state index contributed by atoms with van der Waals surface area (Å²) in [5, 5.41) is 10.2. The summed E-state index contributed by atoms with van der Waals surface area (Å²) < 4.78 is 0. The van der Waals surface area contributed by atoms with Gasteiger partial charge in [0.15, 0.2) is 0 Å². The van der Waals surface area contributed by atoms with Crippen molar-refractivity contribution in [3.05, 3.63) is 57.2 Å². The van der Waals surface area contributed by atoms with Gasteiger partial charge in [0.05, 0.1) is 10.9 Å². The predicted molar refractivity (Wildman–Crippen MR) is 111 cm³/mol. The number of rotatable bonds is 6. The maximum absolute atomic E-state index is 12.4. The highest BCUT2D eigenvalue weighted by Crippen LogP contribution is 2.28. The van der Waals surface area contributed by atoms with Crippen LogP contribution in [0.1, 0.15) is 23.7 Å². The molecule has 130 valence electrons. The number of carbonyl (C=O) groups excluding carboxylic acids is 1. The van der Waals surface area contributed by atoms with Crippen LogP contribution < -0.4 is 5.32 Å². The molecule has 0 saturated carbocycles. The number of thiophene rings is 1. The van der Waals surface area contributed by atoms with Gasteiger partial charge >= 0.3 is 0 Å². The summed E-state index contributed by atoms with van der Waals surface area (Å²) in [6.45, 7) is 5.98. The van der Waals surface area contributed by atoms with E-state index in [0.717, 1.165) is 33.3 Å². The maximum Gasteiger partial charge on any atom is 0.237 e. The van der Waals surface area contributed by atoms with Gasteiger partial charge in [-0.3, -0.25) is 4.79 Å². The second-order valence-corrected chi connectivity index (χ2v) is 8.88. The zero-order valence-corrected chi connectivity index (χ0v) is 16.9. The Balaban J connectivity index is 1.56. The molecule has 6 heteroatoms. The van der Waals surface area contributed by atoms with E-state index in [1.54, 1.807) is 34.4 Å². The number of benzene rings is 1. The van der Waals surface area contributed by atoms with Crippen molar-refractivity contribution in [3.63, 3.8) is 0 Å². The van der Waals surface area contributed by atoms with Crippen molar-refractivity contribution in [2.24, 2.45) is 0 Å². The Morgan fingerprint density at radius 1 is 1.28 bits per heavy atom. The van der Waals surface area contributed by atoms with Crippen LogP contribution in [0.5, 0.6) is 0 Å². The Morgan fingerprint density at radius 2 is 2.12 bits per heavy atom. The van der Waals surface area contributed by atoms with Crippen LogP contribution in [-0.4, -0.2) is 16.1 Å². The summed E-state index contributed by atoms with van der Waals surface area (Å²) in [5.41, 5.74) is 5.32. The van der Waals surface area contributed by atoms with Crippen molar-refractivity contribution < 1.29 is 4.79 Å². The van der Waals surface area contributed by atoms with Crippen molar-refractivity contribution in [1.29, 1.82) is 0 Å². The van der Waals surface area contributed by atoms with Gasteiger partial charge in [-0.1, -0.05) is 12.1 Å². The van der Waals surface area contributed by atoms with Crippen molar-refractivity contribution >= 4 is 46.0 Å². The van der Waals surface area contributed by atoms with Crippen LogP contribution >= 0.6 is 34.4 Å². The predicted octanol–water partition coefficient (Wildman–Crippen LogP) is 5.75. The van der Waals surface area contributed by atoms with Crippen molar-refractivity contribution in [3.8, 4) is 10.6 Å². The normalized spacial score (nSPS) is 12.1. The van der Waals surface area contributed by atoms with E-state index < -0.39 is 0 Å². The van der Waals surface area contributed by atoms with E-state index in [-0.39, 0.29) is 11.2 Å². The molecule has 3 aromatic rings. The van der Waals surface area contributed by atoms with Gasteiger partial charge in [-0.25, -0.2) is 4.98 Å². The molecule has 3 rings (SSSR count). The van der Waals surface area contributed by atoms with Gasteiger partial charge in [-0.2, -0.15) is 11.3 Å². The van der Waals surface area contributed by atoms with Crippen LogP contribution in [0.2, 0.25) is 0 Å². The van der Waals surface area contributed by atoms with Gasteiger partial charge in [0.1, 0.15) is 5.01 Å². The van der Waals surface area contributed by atoms with Gasteiger partial charge in [0, 0.05) is 27.8 Å². The molecule has 0 saturated heterocycles. The quantitative estimate of drug-likeness (QED) is 0.585. The van der Waals surface area contributed by atoms with Gasteiger partial charge in [0.25, 0.3) is 0 Å². The van der Waals surface area contributed by atoms with E-state index in [9.17, 15) is 4.79 Å². The van der Waals surface area contributed by atoms with E-state index in [1.807, 2.05) is 32.9 Å². The third-order valence-corrected chi connectivity index (χ3v) is 6.62. The lowest BCUT2D eigenvalue weighted by Gasteiger charge is -2.13. The summed E-state index contributed by atoms with van der Waals surface area (Å²) in [5.74, 6) is 0.772. The monoisotopic (exact) mass is 388 g/mol. The standard InChI is InChI=1S/C19H20N2OS3/c1-12-4-5-13(2)17(8-12)21-18(22)14(3)24-10-16-11-25-19(20-16)15-6-7-23-9-15/h4-9,11,14H,10H2,1-3H3,(H,21,22)/t14-/m1/s1. The number of amides is 1. The number of thiazole rings is 1.